The van der Waals surface area contributed by atoms with E-state index in [1.807, 2.05) is 0 Å². The fourth-order valence-corrected chi connectivity index (χ4v) is 3.22. The van der Waals surface area contributed by atoms with Crippen LogP contribution in [0.4, 0.5) is 10.1 Å². The van der Waals surface area contributed by atoms with Crippen molar-refractivity contribution < 1.29 is 23.5 Å². The molecule has 2 aromatic carbocycles. The van der Waals surface area contributed by atoms with Crippen LogP contribution in [0.2, 0.25) is 5.02 Å². The van der Waals surface area contributed by atoms with E-state index in [9.17, 15) is 18.8 Å². The normalized spacial score (nSPS) is 14.3. The number of halogens is 2. The molecule has 2 amide bonds. The first-order valence-corrected chi connectivity index (χ1v) is 9.57. The molecule has 152 valence electrons. The van der Waals surface area contributed by atoms with Gasteiger partial charge in [-0.15, -0.1) is 0 Å². The highest BCUT2D eigenvalue weighted by Crippen LogP contribution is 2.21. The maximum atomic E-state index is 13.5. The minimum atomic E-state index is -0.612. The van der Waals surface area contributed by atoms with Crippen molar-refractivity contribution in [2.75, 3.05) is 25.0 Å². The quantitative estimate of drug-likeness (QED) is 0.754. The van der Waals surface area contributed by atoms with Crippen LogP contribution in [0.3, 0.4) is 0 Å². The molecule has 1 N–H and O–H groups in total. The van der Waals surface area contributed by atoms with Crippen molar-refractivity contribution in [1.82, 2.24) is 4.90 Å². The minimum absolute atomic E-state index is 0.0302. The van der Waals surface area contributed by atoms with E-state index in [1.165, 1.54) is 18.2 Å². The zero-order valence-corrected chi connectivity index (χ0v) is 16.3. The van der Waals surface area contributed by atoms with Gasteiger partial charge in [-0.05, 0) is 49.2 Å². The number of rotatable bonds is 5. The van der Waals surface area contributed by atoms with Crippen LogP contribution in [-0.2, 0) is 14.3 Å². The van der Waals surface area contributed by atoms with Gasteiger partial charge in [0.05, 0.1) is 11.6 Å². The fourth-order valence-electron chi connectivity index (χ4n) is 3.10. The van der Waals surface area contributed by atoms with Crippen LogP contribution in [0.15, 0.2) is 48.5 Å². The lowest BCUT2D eigenvalue weighted by Gasteiger charge is -2.31. The predicted molar refractivity (Wildman–Crippen MR) is 106 cm³/mol. The van der Waals surface area contributed by atoms with E-state index in [0.29, 0.717) is 36.5 Å². The molecular weight excluding hydrogens is 399 g/mol. The third-order valence-corrected chi connectivity index (χ3v) is 4.95. The Balaban J connectivity index is 1.44. The van der Waals surface area contributed by atoms with Gasteiger partial charge in [0.15, 0.2) is 6.61 Å². The second-order valence-corrected chi connectivity index (χ2v) is 7.15. The topological polar surface area (TPSA) is 75.7 Å². The van der Waals surface area contributed by atoms with Gasteiger partial charge in [-0.3, -0.25) is 14.4 Å². The smallest absolute Gasteiger partial charge is 0.309 e. The van der Waals surface area contributed by atoms with Gasteiger partial charge in [-0.25, -0.2) is 4.39 Å². The number of nitrogens with one attached hydrogen (secondary N) is 1. The zero-order chi connectivity index (χ0) is 20.8. The Morgan fingerprint density at radius 1 is 1.07 bits per heavy atom. The van der Waals surface area contributed by atoms with Crippen molar-refractivity contribution >= 4 is 35.1 Å². The van der Waals surface area contributed by atoms with Crippen LogP contribution in [0.5, 0.6) is 0 Å². The molecule has 1 fully saturated rings. The van der Waals surface area contributed by atoms with Crippen molar-refractivity contribution in [1.29, 1.82) is 0 Å². The number of carbonyl (C=O) groups excluding carboxylic acids is 3. The first kappa shape index (κ1) is 20.8. The summed E-state index contributed by atoms with van der Waals surface area (Å²) in [4.78, 5) is 38.2. The van der Waals surface area contributed by atoms with E-state index in [-0.39, 0.29) is 17.5 Å². The molecule has 1 saturated heterocycles. The molecule has 0 atom stereocenters. The molecule has 3 rings (SSSR count). The van der Waals surface area contributed by atoms with Crippen molar-refractivity contribution in [3.05, 3.63) is 64.9 Å². The van der Waals surface area contributed by atoms with Gasteiger partial charge in [0.1, 0.15) is 5.82 Å². The van der Waals surface area contributed by atoms with Crippen LogP contribution in [-0.4, -0.2) is 42.4 Å². The summed E-state index contributed by atoms with van der Waals surface area (Å²) in [6, 6.07) is 12.4. The molecule has 0 aliphatic carbocycles. The van der Waals surface area contributed by atoms with Crippen LogP contribution in [0.25, 0.3) is 0 Å². The molecule has 29 heavy (non-hydrogen) atoms. The number of esters is 1. The van der Waals surface area contributed by atoms with E-state index < -0.39 is 24.3 Å². The molecule has 0 bridgehead atoms. The molecule has 8 heteroatoms. The molecule has 0 unspecified atom stereocenters. The Bertz CT molecular complexity index is 896. The van der Waals surface area contributed by atoms with E-state index in [2.05, 4.69) is 5.32 Å². The van der Waals surface area contributed by atoms with E-state index in [0.717, 1.165) is 0 Å². The number of para-hydroxylation sites is 1. The van der Waals surface area contributed by atoms with Gasteiger partial charge in [0, 0.05) is 23.7 Å². The lowest BCUT2D eigenvalue weighted by Crippen LogP contribution is -2.41. The van der Waals surface area contributed by atoms with Crippen molar-refractivity contribution in [3.8, 4) is 0 Å². The van der Waals surface area contributed by atoms with Crippen molar-refractivity contribution in [2.45, 2.75) is 12.8 Å². The second kappa shape index (κ2) is 9.52. The average Bonchev–Trinajstić information content (AvgIpc) is 2.74. The Labute approximate surface area is 172 Å². The number of ether oxygens (including phenoxy) is 1. The number of carbonyl (C=O) groups is 3. The summed E-state index contributed by atoms with van der Waals surface area (Å²) < 4.78 is 18.6. The standard InChI is InChI=1S/C21H20ClFN2O4/c22-16-7-5-14(6-8-16)20(27)25-11-9-15(10-12-25)21(28)29-13-19(26)24-18-4-2-1-3-17(18)23/h1-8,15H,9-13H2,(H,24,26). The van der Waals surface area contributed by atoms with E-state index in [4.69, 9.17) is 16.3 Å². The Hall–Kier alpha value is -2.93. The van der Waals surface area contributed by atoms with Gasteiger partial charge in [-0.2, -0.15) is 0 Å². The van der Waals surface area contributed by atoms with Crippen LogP contribution >= 0.6 is 11.6 Å². The van der Waals surface area contributed by atoms with Crippen molar-refractivity contribution in [3.63, 3.8) is 0 Å². The van der Waals surface area contributed by atoms with Gasteiger partial charge >= 0.3 is 5.97 Å². The molecule has 0 saturated carbocycles. The number of hydrogen-bond donors (Lipinski definition) is 1. The molecule has 1 heterocycles. The highest BCUT2D eigenvalue weighted by Gasteiger charge is 2.29. The lowest BCUT2D eigenvalue weighted by atomic mass is 9.96. The number of likely N-dealkylation sites (tertiary alicyclic amines) is 1. The molecular formula is C21H20ClFN2O4. The van der Waals surface area contributed by atoms with Gasteiger partial charge in [0.25, 0.3) is 11.8 Å². The Morgan fingerprint density at radius 3 is 2.38 bits per heavy atom. The molecule has 0 spiro atoms. The molecule has 1 aliphatic rings. The summed E-state index contributed by atoms with van der Waals surface area (Å²) in [5.41, 5.74) is 0.572. The number of hydrogen-bond acceptors (Lipinski definition) is 4. The van der Waals surface area contributed by atoms with Crippen LogP contribution < -0.4 is 5.32 Å². The number of benzene rings is 2. The Morgan fingerprint density at radius 2 is 1.72 bits per heavy atom. The second-order valence-electron chi connectivity index (χ2n) is 6.71. The van der Waals surface area contributed by atoms with Gasteiger partial charge in [0.2, 0.25) is 0 Å². The van der Waals surface area contributed by atoms with Crippen molar-refractivity contribution in [2.24, 2.45) is 5.92 Å². The minimum Gasteiger partial charge on any atom is -0.455 e. The van der Waals surface area contributed by atoms with Crippen LogP contribution in [0.1, 0.15) is 23.2 Å². The highest BCUT2D eigenvalue weighted by molar-refractivity contribution is 6.30. The number of piperidine rings is 1. The highest BCUT2D eigenvalue weighted by atomic mass is 35.5. The SMILES string of the molecule is O=C(COC(=O)C1CCN(C(=O)c2ccc(Cl)cc2)CC1)Nc1ccccc1F. The summed E-state index contributed by atoms with van der Waals surface area (Å²) in [6.45, 7) is 0.350. The van der Waals surface area contributed by atoms with E-state index in [1.54, 1.807) is 35.2 Å². The molecule has 2 aromatic rings. The first-order chi connectivity index (χ1) is 13.9. The number of nitrogens with zero attached hydrogens (tertiary/aromatic N) is 1. The molecule has 0 radical (unpaired) electrons. The number of amides is 2. The summed E-state index contributed by atoms with van der Waals surface area (Å²) in [7, 11) is 0. The monoisotopic (exact) mass is 418 g/mol. The maximum Gasteiger partial charge on any atom is 0.309 e. The summed E-state index contributed by atoms with van der Waals surface area (Å²) in [6.07, 6.45) is 0.903. The maximum absolute atomic E-state index is 13.5. The zero-order valence-electron chi connectivity index (χ0n) is 15.6. The summed E-state index contributed by atoms with van der Waals surface area (Å²) in [5.74, 6) is -2.17. The molecule has 0 aromatic heterocycles. The third kappa shape index (κ3) is 5.54. The van der Waals surface area contributed by atoms with E-state index >= 15 is 0 Å². The molecule has 1 aliphatic heterocycles. The largest absolute Gasteiger partial charge is 0.455 e. The third-order valence-electron chi connectivity index (χ3n) is 4.70. The lowest BCUT2D eigenvalue weighted by molar-refractivity contribution is -0.152. The Kier molecular flexibility index (Phi) is 6.82. The number of anilines is 1. The fraction of sp³-hybridized carbons (Fsp3) is 0.286. The van der Waals surface area contributed by atoms with Gasteiger partial charge in [-0.1, -0.05) is 23.7 Å². The van der Waals surface area contributed by atoms with Crippen LogP contribution in [0, 0.1) is 11.7 Å². The van der Waals surface area contributed by atoms with Gasteiger partial charge < -0.3 is 15.0 Å². The first-order valence-electron chi connectivity index (χ1n) is 9.20. The summed E-state index contributed by atoms with van der Waals surface area (Å²) in [5, 5.41) is 2.92. The molecule has 6 nitrogen and oxygen atoms in total. The average molecular weight is 419 g/mol. The predicted octanol–water partition coefficient (Wildman–Crippen LogP) is 3.51. The summed E-state index contributed by atoms with van der Waals surface area (Å²) >= 11 is 5.84.